The highest BCUT2D eigenvalue weighted by Crippen LogP contribution is 2.30. The van der Waals surface area contributed by atoms with Gasteiger partial charge < -0.3 is 10.4 Å². The molecule has 0 fully saturated rings. The van der Waals surface area contributed by atoms with E-state index in [-0.39, 0.29) is 5.82 Å². The number of hydrogen-bond acceptors (Lipinski definition) is 3. The van der Waals surface area contributed by atoms with Gasteiger partial charge in [0.25, 0.3) is 0 Å². The van der Waals surface area contributed by atoms with E-state index in [2.05, 4.69) is 10.3 Å². The maximum atomic E-state index is 12.4. The number of carboxylic acid groups (broad SMARTS) is 1. The van der Waals surface area contributed by atoms with Crippen LogP contribution in [0.25, 0.3) is 0 Å². The molecule has 0 aromatic carbocycles. The van der Waals surface area contributed by atoms with Gasteiger partial charge in [0.1, 0.15) is 11.4 Å². The molecule has 1 aromatic heterocycles. The molecule has 0 saturated heterocycles. The molecule has 2 N–H and O–H groups in total. The number of anilines is 1. The molecule has 0 amide bonds. The van der Waals surface area contributed by atoms with Gasteiger partial charge in [0.2, 0.25) is 0 Å². The normalized spacial score (nSPS) is 12.3. The minimum absolute atomic E-state index is 0.132. The average molecular weight is 248 g/mol. The Balaban J connectivity index is 2.98. The molecule has 1 rings (SSSR count). The van der Waals surface area contributed by atoms with Crippen LogP contribution in [0.1, 0.15) is 19.4 Å². The number of nitrogens with one attached hydrogen (secondary N) is 1. The van der Waals surface area contributed by atoms with E-state index in [1.165, 1.54) is 13.8 Å². The van der Waals surface area contributed by atoms with Gasteiger partial charge in [-0.25, -0.2) is 9.78 Å². The first-order chi connectivity index (χ1) is 7.63. The third kappa shape index (κ3) is 3.33. The smallest absolute Gasteiger partial charge is 0.416 e. The lowest BCUT2D eigenvalue weighted by molar-refractivity contribution is -0.141. The maximum Gasteiger partial charge on any atom is 0.416 e. The molecule has 0 bridgehead atoms. The highest BCUT2D eigenvalue weighted by atomic mass is 19.4. The summed E-state index contributed by atoms with van der Waals surface area (Å²) in [5.41, 5.74) is -2.27. The quantitative estimate of drug-likeness (QED) is 0.862. The van der Waals surface area contributed by atoms with Gasteiger partial charge in [-0.05, 0) is 26.0 Å². The van der Waals surface area contributed by atoms with Gasteiger partial charge in [0.15, 0.2) is 0 Å². The van der Waals surface area contributed by atoms with Crippen molar-refractivity contribution in [2.45, 2.75) is 25.6 Å². The van der Waals surface area contributed by atoms with Crippen molar-refractivity contribution in [3.63, 3.8) is 0 Å². The van der Waals surface area contributed by atoms with Gasteiger partial charge >= 0.3 is 12.1 Å². The van der Waals surface area contributed by atoms with Crippen molar-refractivity contribution >= 4 is 11.8 Å². The maximum absolute atomic E-state index is 12.4. The number of carbonyl (C=O) groups is 1. The van der Waals surface area contributed by atoms with E-state index >= 15 is 0 Å². The van der Waals surface area contributed by atoms with Gasteiger partial charge in [-0.3, -0.25) is 0 Å². The third-order valence-electron chi connectivity index (χ3n) is 2.06. The van der Waals surface area contributed by atoms with Crippen LogP contribution in [0.3, 0.4) is 0 Å². The molecule has 0 atom stereocenters. The van der Waals surface area contributed by atoms with E-state index in [1.807, 2.05) is 0 Å². The van der Waals surface area contributed by atoms with E-state index in [9.17, 15) is 18.0 Å². The van der Waals surface area contributed by atoms with Gasteiger partial charge in [-0.2, -0.15) is 13.2 Å². The molecule has 0 radical (unpaired) electrons. The van der Waals surface area contributed by atoms with Gasteiger partial charge in [-0.15, -0.1) is 0 Å². The number of hydrogen-bond donors (Lipinski definition) is 2. The molecule has 1 heterocycles. The van der Waals surface area contributed by atoms with Gasteiger partial charge in [0.05, 0.1) is 5.56 Å². The Hall–Kier alpha value is -1.79. The van der Waals surface area contributed by atoms with Gasteiger partial charge in [-0.1, -0.05) is 0 Å². The van der Waals surface area contributed by atoms with Crippen LogP contribution in [0.4, 0.5) is 19.0 Å². The van der Waals surface area contributed by atoms with Crippen LogP contribution in [-0.4, -0.2) is 21.6 Å². The predicted molar refractivity (Wildman–Crippen MR) is 54.6 cm³/mol. The summed E-state index contributed by atoms with van der Waals surface area (Å²) in [6, 6.07) is 1.59. The van der Waals surface area contributed by atoms with Crippen LogP contribution in [-0.2, 0) is 11.0 Å². The highest BCUT2D eigenvalue weighted by Gasteiger charge is 2.32. The van der Waals surface area contributed by atoms with Crippen LogP contribution < -0.4 is 5.32 Å². The van der Waals surface area contributed by atoms with E-state index in [1.54, 1.807) is 0 Å². The Morgan fingerprint density at radius 3 is 2.47 bits per heavy atom. The number of aliphatic carboxylic acids is 1. The molecule has 0 unspecified atom stereocenters. The second-order valence-corrected chi connectivity index (χ2v) is 3.98. The number of aromatic nitrogens is 1. The van der Waals surface area contributed by atoms with E-state index in [0.717, 1.165) is 18.3 Å². The summed E-state index contributed by atoms with van der Waals surface area (Å²) in [6.07, 6.45) is -3.50. The minimum Gasteiger partial charge on any atom is -0.480 e. The second kappa shape index (κ2) is 4.23. The molecule has 0 spiro atoms. The van der Waals surface area contributed by atoms with Crippen LogP contribution in [0.5, 0.6) is 0 Å². The average Bonchev–Trinajstić information content (AvgIpc) is 2.15. The summed E-state index contributed by atoms with van der Waals surface area (Å²) in [4.78, 5) is 14.4. The van der Waals surface area contributed by atoms with E-state index < -0.39 is 23.2 Å². The molecule has 4 nitrogen and oxygen atoms in total. The standard InChI is InChI=1S/C10H11F3N2O2/c1-9(2,8(16)17)15-7-5-6(3-4-14-7)10(11,12)13/h3-5H,1-2H3,(H,14,15)(H,16,17). The second-order valence-electron chi connectivity index (χ2n) is 3.98. The zero-order chi connectivity index (χ0) is 13.3. The summed E-state index contributed by atoms with van der Waals surface area (Å²) >= 11 is 0. The fraction of sp³-hybridized carbons (Fsp3) is 0.400. The monoisotopic (exact) mass is 248 g/mol. The van der Waals surface area contributed by atoms with Gasteiger partial charge in [0, 0.05) is 6.20 Å². The summed E-state index contributed by atoms with van der Waals surface area (Å²) in [5.74, 6) is -1.32. The van der Waals surface area contributed by atoms with Crippen LogP contribution >= 0.6 is 0 Å². The molecule has 1 aromatic rings. The SMILES string of the molecule is CC(C)(Nc1cc(C(F)(F)F)ccn1)C(=O)O. The summed E-state index contributed by atoms with van der Waals surface area (Å²) in [6.45, 7) is 2.66. The van der Waals surface area contributed by atoms with Crippen molar-refractivity contribution in [1.82, 2.24) is 4.98 Å². The Morgan fingerprint density at radius 2 is 2.00 bits per heavy atom. The number of nitrogens with zero attached hydrogens (tertiary/aromatic N) is 1. The fourth-order valence-corrected chi connectivity index (χ4v) is 1.05. The molecular formula is C10H11F3N2O2. The lowest BCUT2D eigenvalue weighted by Crippen LogP contribution is -2.40. The van der Waals surface area contributed by atoms with Crippen molar-refractivity contribution in [3.05, 3.63) is 23.9 Å². The first kappa shape index (κ1) is 13.3. The summed E-state index contributed by atoms with van der Waals surface area (Å²) in [7, 11) is 0. The topological polar surface area (TPSA) is 62.2 Å². The minimum atomic E-state index is -4.48. The zero-order valence-corrected chi connectivity index (χ0v) is 9.17. The van der Waals surface area contributed by atoms with Crippen molar-refractivity contribution in [2.24, 2.45) is 0 Å². The Bertz CT molecular complexity index is 430. The first-order valence-electron chi connectivity index (χ1n) is 4.68. The fourth-order valence-electron chi connectivity index (χ4n) is 1.05. The number of pyridine rings is 1. The van der Waals surface area contributed by atoms with E-state index in [4.69, 9.17) is 5.11 Å². The Kier molecular flexibility index (Phi) is 3.30. The van der Waals surface area contributed by atoms with Crippen molar-refractivity contribution in [2.75, 3.05) is 5.32 Å². The number of rotatable bonds is 3. The molecule has 0 aliphatic carbocycles. The first-order valence-corrected chi connectivity index (χ1v) is 4.68. The van der Waals surface area contributed by atoms with E-state index in [0.29, 0.717) is 0 Å². The van der Waals surface area contributed by atoms with Crippen molar-refractivity contribution in [3.8, 4) is 0 Å². The Labute approximate surface area is 95.5 Å². The number of carboxylic acids is 1. The molecule has 0 saturated carbocycles. The largest absolute Gasteiger partial charge is 0.480 e. The van der Waals surface area contributed by atoms with Crippen LogP contribution in [0.2, 0.25) is 0 Å². The predicted octanol–water partition coefficient (Wildman–Crippen LogP) is 2.38. The molecular weight excluding hydrogens is 237 g/mol. The highest BCUT2D eigenvalue weighted by molar-refractivity contribution is 5.81. The molecule has 94 valence electrons. The van der Waals surface area contributed by atoms with Crippen molar-refractivity contribution < 1.29 is 23.1 Å². The lowest BCUT2D eigenvalue weighted by atomic mass is 10.1. The number of alkyl halides is 3. The van der Waals surface area contributed by atoms with Crippen LogP contribution in [0.15, 0.2) is 18.3 Å². The number of halogens is 3. The summed E-state index contributed by atoms with van der Waals surface area (Å²) < 4.78 is 37.2. The zero-order valence-electron chi connectivity index (χ0n) is 9.17. The Morgan fingerprint density at radius 1 is 1.41 bits per heavy atom. The third-order valence-corrected chi connectivity index (χ3v) is 2.06. The molecule has 0 aliphatic heterocycles. The van der Waals surface area contributed by atoms with Crippen LogP contribution in [0, 0.1) is 0 Å². The molecule has 17 heavy (non-hydrogen) atoms. The lowest BCUT2D eigenvalue weighted by Gasteiger charge is -2.22. The molecule has 7 heteroatoms. The molecule has 0 aliphatic rings. The van der Waals surface area contributed by atoms with Crippen molar-refractivity contribution in [1.29, 1.82) is 0 Å². The summed E-state index contributed by atoms with van der Waals surface area (Å²) in [5, 5.41) is 11.2.